The smallest absolute Gasteiger partial charge is 0.339 e. The Morgan fingerprint density at radius 2 is 1.95 bits per heavy atom. The molecule has 2 heterocycles. The Kier molecular flexibility index (Phi) is 3.84. The Morgan fingerprint density at radius 3 is 2.50 bits per heavy atom. The summed E-state index contributed by atoms with van der Waals surface area (Å²) in [4.78, 5) is 26.7. The molecule has 0 aliphatic rings. The summed E-state index contributed by atoms with van der Waals surface area (Å²) in [5, 5.41) is 11.5. The van der Waals surface area contributed by atoms with Gasteiger partial charge in [0.25, 0.3) is 5.91 Å². The number of nitrogens with one attached hydrogen (secondary N) is 2. The number of carbonyl (C=O) groups excluding carboxylic acids is 2. The van der Waals surface area contributed by atoms with E-state index in [0.29, 0.717) is 27.6 Å². The molecule has 2 N–H and O–H groups in total. The van der Waals surface area contributed by atoms with Gasteiger partial charge in [-0.2, -0.15) is 0 Å². The summed E-state index contributed by atoms with van der Waals surface area (Å²) in [5.41, 5.74) is 1.84. The fourth-order valence-corrected chi connectivity index (χ4v) is 2.48. The van der Waals surface area contributed by atoms with Gasteiger partial charge < -0.3 is 9.72 Å². The van der Waals surface area contributed by atoms with Crippen LogP contribution in [0.4, 0.5) is 5.13 Å². The predicted molar refractivity (Wildman–Crippen MR) is 74.2 cm³/mol. The van der Waals surface area contributed by atoms with E-state index in [1.807, 2.05) is 0 Å². The van der Waals surface area contributed by atoms with Gasteiger partial charge in [0.15, 0.2) is 0 Å². The number of ether oxygens (including phenoxy) is 1. The molecule has 2 aromatic heterocycles. The van der Waals surface area contributed by atoms with E-state index < -0.39 is 5.97 Å². The molecule has 0 saturated heterocycles. The average Bonchev–Trinajstić information content (AvgIpc) is 2.92. The number of aromatic nitrogens is 3. The molecule has 20 heavy (non-hydrogen) atoms. The summed E-state index contributed by atoms with van der Waals surface area (Å²) in [6.07, 6.45) is 0. The van der Waals surface area contributed by atoms with Crippen LogP contribution < -0.4 is 5.32 Å². The van der Waals surface area contributed by atoms with E-state index in [9.17, 15) is 9.59 Å². The summed E-state index contributed by atoms with van der Waals surface area (Å²) >= 11 is 1.28. The lowest BCUT2D eigenvalue weighted by Gasteiger charge is -2.01. The molecule has 0 fully saturated rings. The van der Waals surface area contributed by atoms with E-state index in [0.717, 1.165) is 5.01 Å². The lowest BCUT2D eigenvalue weighted by atomic mass is 10.1. The highest BCUT2D eigenvalue weighted by atomic mass is 32.1. The van der Waals surface area contributed by atoms with Crippen LogP contribution in [0.3, 0.4) is 0 Å². The monoisotopic (exact) mass is 294 g/mol. The maximum absolute atomic E-state index is 12.2. The van der Waals surface area contributed by atoms with E-state index >= 15 is 0 Å². The van der Waals surface area contributed by atoms with E-state index in [4.69, 9.17) is 4.74 Å². The fraction of sp³-hybridized carbons (Fsp3) is 0.333. The lowest BCUT2D eigenvalue weighted by Crippen LogP contribution is -2.14. The fourth-order valence-electron chi connectivity index (χ4n) is 1.89. The van der Waals surface area contributed by atoms with Gasteiger partial charge in [-0.3, -0.25) is 10.1 Å². The van der Waals surface area contributed by atoms with Crippen molar-refractivity contribution in [3.63, 3.8) is 0 Å². The molecule has 2 rings (SSSR count). The molecule has 7 nitrogen and oxygen atoms in total. The number of H-pyrrole nitrogens is 1. The van der Waals surface area contributed by atoms with Crippen LogP contribution in [0.15, 0.2) is 0 Å². The number of hydrogen-bond donors (Lipinski definition) is 2. The molecular formula is C12H14N4O3S. The lowest BCUT2D eigenvalue weighted by molar-refractivity contribution is 0.0599. The van der Waals surface area contributed by atoms with E-state index in [-0.39, 0.29) is 5.91 Å². The Hall–Kier alpha value is -2.22. The highest BCUT2D eigenvalue weighted by Crippen LogP contribution is 2.21. The molecule has 0 saturated carbocycles. The molecule has 0 aliphatic carbocycles. The Labute approximate surface area is 119 Å². The van der Waals surface area contributed by atoms with Crippen molar-refractivity contribution in [1.29, 1.82) is 0 Å². The molecule has 2 aromatic rings. The van der Waals surface area contributed by atoms with Crippen LogP contribution in [0.1, 0.15) is 37.1 Å². The number of nitrogens with zero attached hydrogens (tertiary/aromatic N) is 2. The summed E-state index contributed by atoms with van der Waals surface area (Å²) < 4.78 is 4.70. The van der Waals surface area contributed by atoms with Gasteiger partial charge in [-0.15, -0.1) is 10.2 Å². The summed E-state index contributed by atoms with van der Waals surface area (Å²) in [6, 6.07) is 0. The third kappa shape index (κ3) is 2.55. The second-order valence-corrected chi connectivity index (χ2v) is 5.38. The molecular weight excluding hydrogens is 280 g/mol. The first-order chi connectivity index (χ1) is 9.43. The predicted octanol–water partition coefficient (Wildman–Crippen LogP) is 1.83. The van der Waals surface area contributed by atoms with Gasteiger partial charge in [-0.1, -0.05) is 11.3 Å². The third-order valence-corrected chi connectivity index (χ3v) is 3.55. The van der Waals surface area contributed by atoms with Crippen LogP contribution in [0, 0.1) is 20.8 Å². The van der Waals surface area contributed by atoms with Crippen molar-refractivity contribution in [3.8, 4) is 0 Å². The summed E-state index contributed by atoms with van der Waals surface area (Å²) in [7, 11) is 1.30. The van der Waals surface area contributed by atoms with E-state index in [1.165, 1.54) is 18.4 Å². The standard InChI is InChI=1S/C12H14N4O3S/c1-5-8(11(18)19-4)6(2)13-9(5)10(17)14-12-16-15-7(3)20-12/h13H,1-4H3,(H,14,16,17). The highest BCUT2D eigenvalue weighted by molar-refractivity contribution is 7.15. The normalized spacial score (nSPS) is 10.4. The number of aryl methyl sites for hydroxylation is 2. The van der Waals surface area contributed by atoms with Crippen molar-refractivity contribution in [1.82, 2.24) is 15.2 Å². The van der Waals surface area contributed by atoms with Crippen molar-refractivity contribution in [2.24, 2.45) is 0 Å². The molecule has 0 unspecified atom stereocenters. The minimum Gasteiger partial charge on any atom is -0.465 e. The molecule has 0 radical (unpaired) electrons. The second-order valence-electron chi connectivity index (χ2n) is 4.20. The first-order valence-electron chi connectivity index (χ1n) is 5.83. The molecule has 1 amide bonds. The zero-order valence-corrected chi connectivity index (χ0v) is 12.3. The first kappa shape index (κ1) is 14.2. The first-order valence-corrected chi connectivity index (χ1v) is 6.64. The van der Waals surface area contributed by atoms with Crippen LogP contribution in [-0.2, 0) is 4.74 Å². The van der Waals surface area contributed by atoms with E-state index in [1.54, 1.807) is 20.8 Å². The average molecular weight is 294 g/mol. The van der Waals surface area contributed by atoms with Crippen molar-refractivity contribution >= 4 is 28.3 Å². The zero-order chi connectivity index (χ0) is 14.9. The van der Waals surface area contributed by atoms with Gasteiger partial charge in [-0.25, -0.2) is 4.79 Å². The minimum absolute atomic E-state index is 0.316. The molecule has 0 spiro atoms. The number of anilines is 1. The summed E-state index contributed by atoms with van der Waals surface area (Å²) in [5.74, 6) is -0.834. The van der Waals surface area contributed by atoms with Gasteiger partial charge in [0.05, 0.1) is 12.7 Å². The molecule has 0 atom stereocenters. The highest BCUT2D eigenvalue weighted by Gasteiger charge is 2.22. The Bertz CT molecular complexity index is 674. The SMILES string of the molecule is COC(=O)c1c(C)[nH]c(C(=O)Nc2nnc(C)s2)c1C. The van der Waals surface area contributed by atoms with Crippen LogP contribution in [0.25, 0.3) is 0 Å². The minimum atomic E-state index is -0.470. The Morgan fingerprint density at radius 1 is 1.25 bits per heavy atom. The summed E-state index contributed by atoms with van der Waals surface area (Å²) in [6.45, 7) is 5.20. The number of amides is 1. The van der Waals surface area contributed by atoms with Crippen molar-refractivity contribution in [2.45, 2.75) is 20.8 Å². The molecule has 106 valence electrons. The van der Waals surface area contributed by atoms with Crippen LogP contribution >= 0.6 is 11.3 Å². The van der Waals surface area contributed by atoms with Gasteiger partial charge in [0.1, 0.15) is 10.7 Å². The van der Waals surface area contributed by atoms with E-state index in [2.05, 4.69) is 20.5 Å². The molecule has 0 bridgehead atoms. The maximum Gasteiger partial charge on any atom is 0.339 e. The number of esters is 1. The van der Waals surface area contributed by atoms with Crippen LogP contribution in [0.5, 0.6) is 0 Å². The topological polar surface area (TPSA) is 97.0 Å². The quantitative estimate of drug-likeness (QED) is 0.842. The van der Waals surface area contributed by atoms with Gasteiger partial charge in [-0.05, 0) is 26.3 Å². The van der Waals surface area contributed by atoms with Crippen molar-refractivity contribution in [3.05, 3.63) is 27.5 Å². The number of carbonyl (C=O) groups is 2. The van der Waals surface area contributed by atoms with Crippen LogP contribution in [-0.4, -0.2) is 34.2 Å². The van der Waals surface area contributed by atoms with Gasteiger partial charge in [0.2, 0.25) is 5.13 Å². The van der Waals surface area contributed by atoms with Crippen molar-refractivity contribution in [2.75, 3.05) is 12.4 Å². The second kappa shape index (κ2) is 5.41. The molecule has 0 aliphatic heterocycles. The number of rotatable bonds is 3. The van der Waals surface area contributed by atoms with Crippen LogP contribution in [0.2, 0.25) is 0 Å². The number of aromatic amines is 1. The zero-order valence-electron chi connectivity index (χ0n) is 11.5. The van der Waals surface area contributed by atoms with Gasteiger partial charge >= 0.3 is 5.97 Å². The molecule has 8 heteroatoms. The Balaban J connectivity index is 2.29. The largest absolute Gasteiger partial charge is 0.465 e. The molecule has 0 aromatic carbocycles. The number of hydrogen-bond acceptors (Lipinski definition) is 6. The van der Waals surface area contributed by atoms with Crippen molar-refractivity contribution < 1.29 is 14.3 Å². The van der Waals surface area contributed by atoms with Gasteiger partial charge in [0, 0.05) is 5.69 Å². The number of methoxy groups -OCH3 is 1. The maximum atomic E-state index is 12.2. The third-order valence-electron chi connectivity index (χ3n) is 2.80.